The zero-order valence-corrected chi connectivity index (χ0v) is 29.9. The molecular formula is C35H29Cl2F2N5O6S. The summed E-state index contributed by atoms with van der Waals surface area (Å²) in [6.07, 6.45) is 3.03. The molecule has 0 aliphatic heterocycles. The van der Waals surface area contributed by atoms with Crippen LogP contribution in [0.15, 0.2) is 53.6 Å². The molecule has 0 bridgehead atoms. The molecule has 1 aliphatic rings. The van der Waals surface area contributed by atoms with Crippen LogP contribution in [-0.2, 0) is 11.3 Å². The van der Waals surface area contributed by atoms with Crippen molar-refractivity contribution in [3.05, 3.63) is 103 Å². The largest absolute Gasteiger partial charge is 0.496 e. The van der Waals surface area contributed by atoms with E-state index in [-0.39, 0.29) is 72.5 Å². The van der Waals surface area contributed by atoms with Gasteiger partial charge in [0.25, 0.3) is 5.91 Å². The quantitative estimate of drug-likeness (QED) is 0.144. The number of ether oxygens (including phenoxy) is 3. The first-order chi connectivity index (χ1) is 24.4. The number of nitrogens with one attached hydrogen (secondary N) is 1. The Balaban J connectivity index is 1.13. The minimum absolute atomic E-state index is 0.00850. The highest BCUT2D eigenvalue weighted by Crippen LogP contribution is 2.40. The molecule has 0 saturated heterocycles. The van der Waals surface area contributed by atoms with Gasteiger partial charge in [0.2, 0.25) is 5.13 Å². The molecule has 0 spiro atoms. The van der Waals surface area contributed by atoms with Gasteiger partial charge in [0.15, 0.2) is 11.6 Å². The number of esters is 1. The van der Waals surface area contributed by atoms with Gasteiger partial charge in [0.05, 0.1) is 46.5 Å². The minimum Gasteiger partial charge on any atom is -0.496 e. The lowest BCUT2D eigenvalue weighted by atomic mass is 9.82. The van der Waals surface area contributed by atoms with Crippen molar-refractivity contribution in [3.63, 3.8) is 0 Å². The maximum atomic E-state index is 15.2. The Hall–Kier alpha value is -4.92. The van der Waals surface area contributed by atoms with Crippen LogP contribution in [-0.4, -0.2) is 51.9 Å². The molecule has 264 valence electrons. The van der Waals surface area contributed by atoms with Crippen LogP contribution in [0.2, 0.25) is 10.0 Å². The lowest BCUT2D eigenvalue weighted by Crippen LogP contribution is -2.37. The van der Waals surface area contributed by atoms with Crippen molar-refractivity contribution >= 4 is 51.5 Å². The summed E-state index contributed by atoms with van der Waals surface area (Å²) < 4.78 is 48.0. The first kappa shape index (κ1) is 35.9. The zero-order valence-electron chi connectivity index (χ0n) is 27.6. The summed E-state index contributed by atoms with van der Waals surface area (Å²) in [5, 5.41) is 6.64. The smallest absolute Gasteiger partial charge is 0.340 e. The Bertz CT molecular complexity index is 2240. The van der Waals surface area contributed by atoms with Crippen molar-refractivity contribution in [2.24, 2.45) is 5.92 Å². The highest BCUT2D eigenvalue weighted by atomic mass is 35.5. The summed E-state index contributed by atoms with van der Waals surface area (Å²) in [6.45, 7) is 3.61. The van der Waals surface area contributed by atoms with Gasteiger partial charge in [-0.25, -0.2) is 18.3 Å². The number of pyridine rings is 2. The van der Waals surface area contributed by atoms with E-state index in [9.17, 15) is 14.4 Å². The minimum atomic E-state index is -0.764. The molecule has 1 aliphatic carbocycles. The third kappa shape index (κ3) is 7.30. The summed E-state index contributed by atoms with van der Waals surface area (Å²) in [5.41, 5.74) is 1.56. The number of benzene rings is 2. The number of halogens is 4. The first-order valence-corrected chi connectivity index (χ1v) is 17.0. The fraction of sp³-hybridized carbons (Fsp3) is 0.257. The monoisotopic (exact) mass is 755 g/mol. The fourth-order valence-electron chi connectivity index (χ4n) is 5.80. The van der Waals surface area contributed by atoms with Crippen LogP contribution in [0.1, 0.15) is 44.9 Å². The van der Waals surface area contributed by atoms with Crippen LogP contribution in [0, 0.1) is 31.4 Å². The second kappa shape index (κ2) is 14.7. The molecular weight excluding hydrogens is 727 g/mol. The Labute approximate surface area is 304 Å². The second-order valence-corrected chi connectivity index (χ2v) is 13.5. The number of aromatic nitrogens is 4. The Morgan fingerprint density at radius 1 is 0.902 bits per heavy atom. The molecule has 6 rings (SSSR count). The van der Waals surface area contributed by atoms with Crippen LogP contribution in [0.4, 0.5) is 13.9 Å². The molecule has 1 N–H and O–H groups in total. The predicted octanol–water partition coefficient (Wildman–Crippen LogP) is 7.54. The Morgan fingerprint density at radius 2 is 1.43 bits per heavy atom. The number of anilines is 1. The fourth-order valence-corrected chi connectivity index (χ4v) is 6.78. The average Bonchev–Trinajstić information content (AvgIpc) is 3.43. The molecule has 3 heterocycles. The first-order valence-electron chi connectivity index (χ1n) is 15.5. The predicted molar refractivity (Wildman–Crippen MR) is 188 cm³/mol. The van der Waals surface area contributed by atoms with Crippen molar-refractivity contribution < 1.29 is 32.6 Å². The summed E-state index contributed by atoms with van der Waals surface area (Å²) in [4.78, 5) is 47.5. The lowest BCUT2D eigenvalue weighted by molar-refractivity contribution is -0.0149. The van der Waals surface area contributed by atoms with Crippen molar-refractivity contribution in [1.82, 2.24) is 19.7 Å². The van der Waals surface area contributed by atoms with E-state index in [4.69, 9.17) is 37.4 Å². The highest BCUT2D eigenvalue weighted by molar-refractivity contribution is 7.13. The van der Waals surface area contributed by atoms with E-state index in [0.717, 1.165) is 11.3 Å². The van der Waals surface area contributed by atoms with Gasteiger partial charge in [0.1, 0.15) is 17.6 Å². The van der Waals surface area contributed by atoms with Gasteiger partial charge < -0.3 is 14.2 Å². The second-order valence-electron chi connectivity index (χ2n) is 11.8. The van der Waals surface area contributed by atoms with E-state index in [0.29, 0.717) is 24.2 Å². The van der Waals surface area contributed by atoms with Gasteiger partial charge in [-0.3, -0.25) is 24.9 Å². The van der Waals surface area contributed by atoms with Crippen LogP contribution in [0.3, 0.4) is 0 Å². The van der Waals surface area contributed by atoms with Gasteiger partial charge in [-0.2, -0.15) is 0 Å². The third-order valence-electron chi connectivity index (χ3n) is 8.36. The van der Waals surface area contributed by atoms with Crippen molar-refractivity contribution in [2.75, 3.05) is 19.5 Å². The molecule has 16 heteroatoms. The van der Waals surface area contributed by atoms with E-state index < -0.39 is 34.5 Å². The topological polar surface area (TPSA) is 135 Å². The Morgan fingerprint density at radius 3 is 1.98 bits per heavy atom. The van der Waals surface area contributed by atoms with Crippen LogP contribution < -0.4 is 19.7 Å². The normalized spacial score (nSPS) is 15.2. The van der Waals surface area contributed by atoms with Gasteiger partial charge >= 0.3 is 10.8 Å². The standard InChI is InChI=1S/C35H29Cl2F2N5O6S/c1-16-9-20(28-26(48-3)7-5-24(36)30(28)38)22(13-40-16)32(45)42-34-43-44(35(47)51-34)15-18-11-19(12-18)50-33(46)23-14-41-17(2)10-21(23)29-27(49-4)8-6-25(37)31(29)39/h5-10,13-14,18-19H,11-12,15H2,1-4H3,(H,42,43,45). The molecule has 1 saturated carbocycles. The number of nitrogens with zero attached hydrogens (tertiary/aromatic N) is 4. The number of amides is 1. The summed E-state index contributed by atoms with van der Waals surface area (Å²) in [6, 6.07) is 8.82. The van der Waals surface area contributed by atoms with Gasteiger partial charge in [-0.1, -0.05) is 23.2 Å². The van der Waals surface area contributed by atoms with Gasteiger partial charge in [-0.15, -0.1) is 5.10 Å². The molecule has 5 aromatic rings. The van der Waals surface area contributed by atoms with Crippen LogP contribution >= 0.6 is 34.5 Å². The van der Waals surface area contributed by atoms with Crippen molar-refractivity contribution in [2.45, 2.75) is 39.3 Å². The average molecular weight is 757 g/mol. The van der Waals surface area contributed by atoms with Crippen LogP contribution in [0.25, 0.3) is 22.3 Å². The van der Waals surface area contributed by atoms with E-state index in [1.54, 1.807) is 19.9 Å². The number of methoxy groups -OCH3 is 2. The number of carbonyl (C=O) groups is 2. The summed E-state index contributed by atoms with van der Waals surface area (Å²) in [5.74, 6) is -2.57. The number of rotatable bonds is 10. The molecule has 0 atom stereocenters. The lowest BCUT2D eigenvalue weighted by Gasteiger charge is -2.34. The molecule has 51 heavy (non-hydrogen) atoms. The summed E-state index contributed by atoms with van der Waals surface area (Å²) in [7, 11) is 2.76. The van der Waals surface area contributed by atoms with Gasteiger partial charge in [0, 0.05) is 41.5 Å². The van der Waals surface area contributed by atoms with E-state index in [1.807, 2.05) is 0 Å². The van der Waals surface area contributed by atoms with Crippen molar-refractivity contribution in [3.8, 4) is 33.8 Å². The highest BCUT2D eigenvalue weighted by Gasteiger charge is 2.35. The van der Waals surface area contributed by atoms with Crippen molar-refractivity contribution in [1.29, 1.82) is 0 Å². The van der Waals surface area contributed by atoms with E-state index in [2.05, 4.69) is 20.4 Å². The summed E-state index contributed by atoms with van der Waals surface area (Å²) >= 11 is 12.8. The number of hydrogen-bond donors (Lipinski definition) is 1. The molecule has 3 aromatic heterocycles. The molecule has 11 nitrogen and oxygen atoms in total. The van der Waals surface area contributed by atoms with E-state index >= 15 is 8.78 Å². The third-order valence-corrected chi connectivity index (χ3v) is 9.71. The zero-order chi connectivity index (χ0) is 36.6. The maximum Gasteiger partial charge on any atom is 0.340 e. The SMILES string of the molecule is COc1ccc(Cl)c(F)c1-c1cc(C)ncc1C(=O)Nc1nn(CC2CC(OC(=O)c3cnc(C)cc3-c3c(OC)ccc(Cl)c3F)C2)c(=O)s1. The molecule has 1 fully saturated rings. The molecule has 0 unspecified atom stereocenters. The molecule has 1 amide bonds. The van der Waals surface area contributed by atoms with Gasteiger partial charge in [-0.05, 0) is 80.3 Å². The number of carbonyl (C=O) groups excluding carboxylic acids is 2. The molecule has 0 radical (unpaired) electrons. The van der Waals surface area contributed by atoms with Crippen LogP contribution in [0.5, 0.6) is 11.5 Å². The molecule has 2 aromatic carbocycles. The maximum absolute atomic E-state index is 15.2. The van der Waals surface area contributed by atoms with E-state index in [1.165, 1.54) is 61.6 Å². The Kier molecular flexibility index (Phi) is 10.4. The number of hydrogen-bond acceptors (Lipinski definition) is 10. The number of aryl methyl sites for hydroxylation is 2.